The molecule has 16 heavy (non-hydrogen) atoms. The van der Waals surface area contributed by atoms with Crippen molar-refractivity contribution in [3.63, 3.8) is 0 Å². The molecule has 0 aliphatic carbocycles. The van der Waals surface area contributed by atoms with E-state index in [9.17, 15) is 18.7 Å². The smallest absolute Gasteiger partial charge is 0.334 e. The Morgan fingerprint density at radius 1 is 1.44 bits per heavy atom. The van der Waals surface area contributed by atoms with Gasteiger partial charge in [0.15, 0.2) is 0 Å². The number of aliphatic hydroxyl groups is 1. The van der Waals surface area contributed by atoms with Gasteiger partial charge in [-0.25, -0.2) is 13.6 Å². The molecule has 0 spiro atoms. The molecule has 0 aliphatic rings. The van der Waals surface area contributed by atoms with Gasteiger partial charge in [0.25, 0.3) is 0 Å². The Bertz CT molecular complexity index is 407. The first-order chi connectivity index (χ1) is 7.56. The van der Waals surface area contributed by atoms with E-state index in [1.165, 1.54) is 0 Å². The average molecular weight is 228 g/mol. The second kappa shape index (κ2) is 5.25. The number of carbonyl (C=O) groups excluding carboxylic acids is 1. The highest BCUT2D eigenvalue weighted by Gasteiger charge is 2.14. The first kappa shape index (κ1) is 12.2. The van der Waals surface area contributed by atoms with E-state index in [1.54, 1.807) is 6.92 Å². The Labute approximate surface area is 91.0 Å². The predicted molar refractivity (Wildman–Crippen MR) is 53.6 cm³/mol. The van der Waals surface area contributed by atoms with Gasteiger partial charge in [-0.1, -0.05) is 6.07 Å². The molecule has 0 saturated heterocycles. The number of aliphatic hydroxyl groups excluding tert-OH is 1. The Morgan fingerprint density at radius 3 is 2.50 bits per heavy atom. The summed E-state index contributed by atoms with van der Waals surface area (Å²) in [4.78, 5) is 10.9. The molecule has 1 N–H and O–H groups in total. The van der Waals surface area contributed by atoms with Crippen LogP contribution in [0.5, 0.6) is 0 Å². The molecule has 0 amide bonds. The predicted octanol–water partition coefficient (Wildman–Crippen LogP) is 2.43. The minimum atomic E-state index is -0.946. The summed E-state index contributed by atoms with van der Waals surface area (Å²) in [6, 6.07) is 3.12. The van der Waals surface area contributed by atoms with Crippen molar-refractivity contribution in [3.8, 4) is 0 Å². The number of ether oxygens (including phenoxy) is 1. The molecule has 0 fully saturated rings. The van der Waals surface area contributed by atoms with Gasteiger partial charge < -0.3 is 9.84 Å². The molecule has 86 valence electrons. The summed E-state index contributed by atoms with van der Waals surface area (Å²) in [6.45, 7) is 1.69. The monoisotopic (exact) mass is 228 g/mol. The molecular formula is C11H10F2O3. The highest BCUT2D eigenvalue weighted by molar-refractivity contribution is 5.89. The van der Waals surface area contributed by atoms with Gasteiger partial charge in [-0.05, 0) is 19.1 Å². The zero-order valence-corrected chi connectivity index (χ0v) is 8.54. The molecule has 1 aromatic carbocycles. The summed E-state index contributed by atoms with van der Waals surface area (Å²) >= 11 is 0. The minimum Gasteiger partial charge on any atom is -0.507 e. The molecule has 1 rings (SSSR count). The van der Waals surface area contributed by atoms with Crippen LogP contribution in [0.1, 0.15) is 12.5 Å². The summed E-state index contributed by atoms with van der Waals surface area (Å²) in [6.07, 6.45) is 0.630. The van der Waals surface area contributed by atoms with Crippen LogP contribution in [-0.2, 0) is 9.53 Å². The summed E-state index contributed by atoms with van der Waals surface area (Å²) in [5, 5.41) is 9.36. The summed E-state index contributed by atoms with van der Waals surface area (Å²) in [5.41, 5.74) is -0.643. The zero-order chi connectivity index (χ0) is 12.1. The third-order valence-corrected chi connectivity index (χ3v) is 1.76. The van der Waals surface area contributed by atoms with Gasteiger partial charge in [0.05, 0.1) is 18.2 Å². The van der Waals surface area contributed by atoms with Crippen molar-refractivity contribution in [2.45, 2.75) is 6.92 Å². The number of halogens is 2. The molecule has 0 radical (unpaired) electrons. The first-order valence-corrected chi connectivity index (χ1v) is 4.58. The van der Waals surface area contributed by atoms with Crippen LogP contribution in [0.25, 0.3) is 5.76 Å². The van der Waals surface area contributed by atoms with Crippen LogP contribution in [0.2, 0.25) is 0 Å². The number of hydrogen-bond donors (Lipinski definition) is 1. The third-order valence-electron chi connectivity index (χ3n) is 1.76. The van der Waals surface area contributed by atoms with Crippen LogP contribution in [0.3, 0.4) is 0 Å². The van der Waals surface area contributed by atoms with Crippen molar-refractivity contribution in [2.24, 2.45) is 0 Å². The lowest BCUT2D eigenvalue weighted by Crippen LogP contribution is -2.02. The molecular weight excluding hydrogens is 218 g/mol. The highest BCUT2D eigenvalue weighted by Crippen LogP contribution is 2.19. The van der Waals surface area contributed by atoms with E-state index >= 15 is 0 Å². The van der Waals surface area contributed by atoms with Crippen molar-refractivity contribution in [1.82, 2.24) is 0 Å². The number of benzene rings is 1. The maximum atomic E-state index is 13.1. The standard InChI is InChI=1S/C11H10F2O3/c1-2-16-10(15)6-9(14)11-7(12)4-3-5-8(11)13/h3-6,14H,2H2,1H3/b9-6-. The summed E-state index contributed by atoms with van der Waals surface area (Å²) in [7, 11) is 0. The molecule has 0 heterocycles. The zero-order valence-electron chi connectivity index (χ0n) is 8.54. The Hall–Kier alpha value is -1.91. The molecule has 3 nitrogen and oxygen atoms in total. The van der Waals surface area contributed by atoms with Crippen LogP contribution >= 0.6 is 0 Å². The maximum Gasteiger partial charge on any atom is 0.334 e. The normalized spacial score (nSPS) is 11.3. The van der Waals surface area contributed by atoms with Crippen molar-refractivity contribution >= 4 is 11.7 Å². The first-order valence-electron chi connectivity index (χ1n) is 4.58. The van der Waals surface area contributed by atoms with Gasteiger partial charge in [-0.15, -0.1) is 0 Å². The summed E-state index contributed by atoms with van der Waals surface area (Å²) in [5.74, 6) is -3.55. The maximum absolute atomic E-state index is 13.1. The SMILES string of the molecule is CCOC(=O)/C=C(\O)c1c(F)cccc1F. The number of carbonyl (C=O) groups is 1. The second-order valence-corrected chi connectivity index (χ2v) is 2.88. The second-order valence-electron chi connectivity index (χ2n) is 2.88. The minimum absolute atomic E-state index is 0.113. The molecule has 0 saturated carbocycles. The fourth-order valence-corrected chi connectivity index (χ4v) is 1.11. The van der Waals surface area contributed by atoms with Crippen LogP contribution in [-0.4, -0.2) is 17.7 Å². The van der Waals surface area contributed by atoms with E-state index in [-0.39, 0.29) is 6.61 Å². The van der Waals surface area contributed by atoms with Crippen molar-refractivity contribution in [1.29, 1.82) is 0 Å². The van der Waals surface area contributed by atoms with Crippen LogP contribution in [0.4, 0.5) is 8.78 Å². The van der Waals surface area contributed by atoms with Crippen LogP contribution < -0.4 is 0 Å². The van der Waals surface area contributed by atoms with Gasteiger partial charge in [0.1, 0.15) is 17.4 Å². The number of esters is 1. The lowest BCUT2D eigenvalue weighted by atomic mass is 10.1. The van der Waals surface area contributed by atoms with Gasteiger partial charge in [-0.2, -0.15) is 0 Å². The largest absolute Gasteiger partial charge is 0.507 e. The fraction of sp³-hybridized carbons (Fsp3) is 0.182. The van der Waals surface area contributed by atoms with Gasteiger partial charge in [0.2, 0.25) is 0 Å². The highest BCUT2D eigenvalue weighted by atomic mass is 19.1. The molecule has 5 heteroatoms. The van der Waals surface area contributed by atoms with E-state index in [0.717, 1.165) is 18.2 Å². The van der Waals surface area contributed by atoms with E-state index in [1.807, 2.05) is 0 Å². The molecule has 0 bridgehead atoms. The third kappa shape index (κ3) is 2.79. The molecule has 0 atom stereocenters. The van der Waals surface area contributed by atoms with Crippen molar-refractivity contribution < 1.29 is 23.4 Å². The average Bonchev–Trinajstić information content (AvgIpc) is 2.17. The van der Waals surface area contributed by atoms with E-state index in [2.05, 4.69) is 4.74 Å². The van der Waals surface area contributed by atoms with Crippen LogP contribution in [0, 0.1) is 11.6 Å². The number of rotatable bonds is 3. The number of hydrogen-bond acceptors (Lipinski definition) is 3. The van der Waals surface area contributed by atoms with Gasteiger partial charge >= 0.3 is 5.97 Å². The van der Waals surface area contributed by atoms with E-state index < -0.39 is 28.9 Å². The summed E-state index contributed by atoms with van der Waals surface area (Å²) < 4.78 is 30.8. The van der Waals surface area contributed by atoms with Crippen molar-refractivity contribution in [2.75, 3.05) is 6.61 Å². The topological polar surface area (TPSA) is 46.5 Å². The lowest BCUT2D eigenvalue weighted by molar-refractivity contribution is -0.137. The van der Waals surface area contributed by atoms with E-state index in [4.69, 9.17) is 0 Å². The Morgan fingerprint density at radius 2 is 2.00 bits per heavy atom. The lowest BCUT2D eigenvalue weighted by Gasteiger charge is -2.03. The quantitative estimate of drug-likeness (QED) is 0.491. The Kier molecular flexibility index (Phi) is 3.99. The van der Waals surface area contributed by atoms with E-state index in [0.29, 0.717) is 6.08 Å². The molecule has 0 unspecified atom stereocenters. The molecule has 0 aliphatic heterocycles. The molecule has 0 aromatic heterocycles. The van der Waals surface area contributed by atoms with Crippen molar-refractivity contribution in [3.05, 3.63) is 41.5 Å². The molecule has 1 aromatic rings. The van der Waals surface area contributed by atoms with Gasteiger partial charge in [-0.3, -0.25) is 0 Å². The fourth-order valence-electron chi connectivity index (χ4n) is 1.11. The Balaban J connectivity index is 3.04. The van der Waals surface area contributed by atoms with Gasteiger partial charge in [0, 0.05) is 0 Å². The van der Waals surface area contributed by atoms with Crippen LogP contribution in [0.15, 0.2) is 24.3 Å².